The molecular weight excluding hydrogens is 248 g/mol. The Hall–Kier alpha value is -0.540. The minimum absolute atomic E-state index is 0.562. The van der Waals surface area contributed by atoms with Crippen molar-refractivity contribution in [2.45, 2.75) is 70.0 Å². The van der Waals surface area contributed by atoms with Gasteiger partial charge in [-0.15, -0.1) is 0 Å². The molecule has 0 saturated carbocycles. The molecular formula is C17H30N2O. The van der Waals surface area contributed by atoms with E-state index in [0.717, 1.165) is 31.2 Å². The highest BCUT2D eigenvalue weighted by Gasteiger charge is 2.41. The fourth-order valence-electron chi connectivity index (χ4n) is 4.44. The molecule has 20 heavy (non-hydrogen) atoms. The Bertz CT molecular complexity index is 341. The van der Waals surface area contributed by atoms with E-state index in [0.29, 0.717) is 6.04 Å². The van der Waals surface area contributed by atoms with Gasteiger partial charge in [0.15, 0.2) is 0 Å². The Morgan fingerprint density at radius 2 is 2.10 bits per heavy atom. The second kappa shape index (κ2) is 6.48. The van der Waals surface area contributed by atoms with E-state index in [2.05, 4.69) is 30.5 Å². The van der Waals surface area contributed by atoms with E-state index in [9.17, 15) is 0 Å². The molecule has 3 nitrogen and oxygen atoms in total. The normalized spacial score (nSPS) is 35.5. The number of piperidine rings is 1. The van der Waals surface area contributed by atoms with Crippen LogP contribution in [0.4, 0.5) is 0 Å². The maximum Gasteiger partial charge on any atom is 0.0876 e. The molecule has 0 aliphatic carbocycles. The van der Waals surface area contributed by atoms with E-state index in [-0.39, 0.29) is 0 Å². The molecule has 3 heteroatoms. The van der Waals surface area contributed by atoms with Gasteiger partial charge in [0.2, 0.25) is 0 Å². The van der Waals surface area contributed by atoms with Crippen molar-refractivity contribution in [1.82, 2.24) is 10.2 Å². The van der Waals surface area contributed by atoms with Gasteiger partial charge in [0.05, 0.1) is 12.9 Å². The zero-order valence-electron chi connectivity index (χ0n) is 13.1. The summed E-state index contributed by atoms with van der Waals surface area (Å²) in [4.78, 5) is 2.64. The van der Waals surface area contributed by atoms with Gasteiger partial charge in [0.25, 0.3) is 0 Å². The van der Waals surface area contributed by atoms with Gasteiger partial charge in [0, 0.05) is 18.1 Å². The van der Waals surface area contributed by atoms with Gasteiger partial charge in [-0.2, -0.15) is 0 Å². The van der Waals surface area contributed by atoms with Crippen LogP contribution in [-0.2, 0) is 4.74 Å². The molecule has 0 radical (unpaired) electrons. The standard InChI is InChI=1S/C17H30N2O/c1-3-8-18-17(13-5-4-9-20-12-13)14-10-15-6-7-16(11-14)19(15)2/h12,14-18H,3-11H2,1-2H3. The summed E-state index contributed by atoms with van der Waals surface area (Å²) in [6.07, 6.45) is 11.2. The summed E-state index contributed by atoms with van der Waals surface area (Å²) in [6.45, 7) is 4.29. The molecule has 3 aliphatic rings. The molecule has 0 aromatic carbocycles. The van der Waals surface area contributed by atoms with Crippen molar-refractivity contribution in [2.24, 2.45) is 5.92 Å². The number of rotatable bonds is 5. The van der Waals surface area contributed by atoms with Crippen LogP contribution >= 0.6 is 0 Å². The van der Waals surface area contributed by atoms with Gasteiger partial charge in [0.1, 0.15) is 0 Å². The monoisotopic (exact) mass is 278 g/mol. The highest BCUT2D eigenvalue weighted by molar-refractivity contribution is 5.14. The molecule has 114 valence electrons. The van der Waals surface area contributed by atoms with Crippen molar-refractivity contribution in [2.75, 3.05) is 20.2 Å². The molecule has 0 aromatic rings. The first-order valence-corrected chi connectivity index (χ1v) is 8.55. The lowest BCUT2D eigenvalue weighted by molar-refractivity contribution is 0.115. The fourth-order valence-corrected chi connectivity index (χ4v) is 4.44. The number of hydrogen-bond donors (Lipinski definition) is 1. The highest BCUT2D eigenvalue weighted by atomic mass is 16.5. The van der Waals surface area contributed by atoms with Crippen LogP contribution in [0, 0.1) is 5.92 Å². The van der Waals surface area contributed by atoms with Crippen LogP contribution in [0.25, 0.3) is 0 Å². The van der Waals surface area contributed by atoms with E-state index in [1.165, 1.54) is 50.5 Å². The van der Waals surface area contributed by atoms with Crippen molar-refractivity contribution in [3.63, 3.8) is 0 Å². The number of fused-ring (bicyclic) bond motifs is 2. The summed E-state index contributed by atoms with van der Waals surface area (Å²) >= 11 is 0. The third kappa shape index (κ3) is 2.89. The number of nitrogens with one attached hydrogen (secondary N) is 1. The molecule has 3 atom stereocenters. The van der Waals surface area contributed by atoms with E-state index in [1.807, 2.05) is 0 Å². The molecule has 3 heterocycles. The van der Waals surface area contributed by atoms with Crippen LogP contribution in [0.2, 0.25) is 0 Å². The molecule has 2 saturated heterocycles. The largest absolute Gasteiger partial charge is 0.501 e. The topological polar surface area (TPSA) is 24.5 Å². The highest BCUT2D eigenvalue weighted by Crippen LogP contribution is 2.40. The summed E-state index contributed by atoms with van der Waals surface area (Å²) in [5.41, 5.74) is 1.53. The first-order valence-electron chi connectivity index (χ1n) is 8.55. The zero-order chi connectivity index (χ0) is 13.9. The van der Waals surface area contributed by atoms with Gasteiger partial charge in [-0.3, -0.25) is 0 Å². The number of nitrogens with zero attached hydrogens (tertiary/aromatic N) is 1. The third-order valence-electron chi connectivity index (χ3n) is 5.58. The number of hydrogen-bond acceptors (Lipinski definition) is 3. The van der Waals surface area contributed by atoms with Crippen molar-refractivity contribution in [1.29, 1.82) is 0 Å². The summed E-state index contributed by atoms with van der Waals surface area (Å²) in [5, 5.41) is 3.83. The first kappa shape index (κ1) is 14.4. The zero-order valence-corrected chi connectivity index (χ0v) is 13.1. The predicted octanol–water partition coefficient (Wildman–Crippen LogP) is 2.92. The molecule has 2 fully saturated rings. The quantitative estimate of drug-likeness (QED) is 0.837. The van der Waals surface area contributed by atoms with E-state index in [4.69, 9.17) is 4.74 Å². The van der Waals surface area contributed by atoms with Crippen molar-refractivity contribution in [3.05, 3.63) is 11.8 Å². The minimum atomic E-state index is 0.562. The smallest absolute Gasteiger partial charge is 0.0876 e. The Kier molecular flexibility index (Phi) is 4.67. The lowest BCUT2D eigenvalue weighted by Crippen LogP contribution is -2.48. The fraction of sp³-hybridized carbons (Fsp3) is 0.882. The molecule has 0 spiro atoms. The maximum atomic E-state index is 5.61. The number of ether oxygens (including phenoxy) is 1. The van der Waals surface area contributed by atoms with E-state index < -0.39 is 0 Å². The Morgan fingerprint density at radius 3 is 2.70 bits per heavy atom. The minimum Gasteiger partial charge on any atom is -0.501 e. The molecule has 2 bridgehead atoms. The Morgan fingerprint density at radius 1 is 1.35 bits per heavy atom. The predicted molar refractivity (Wildman–Crippen MR) is 82.6 cm³/mol. The molecule has 0 aromatic heterocycles. The summed E-state index contributed by atoms with van der Waals surface area (Å²) < 4.78 is 5.61. The SMILES string of the molecule is CCCNC(C1=COCCC1)C1CC2CCC(C1)N2C. The van der Waals surface area contributed by atoms with E-state index in [1.54, 1.807) is 0 Å². The average molecular weight is 278 g/mol. The summed E-state index contributed by atoms with van der Waals surface area (Å²) in [6, 6.07) is 2.22. The second-order valence-corrected chi connectivity index (χ2v) is 6.88. The second-order valence-electron chi connectivity index (χ2n) is 6.88. The Balaban J connectivity index is 1.70. The van der Waals surface area contributed by atoms with Crippen molar-refractivity contribution >= 4 is 0 Å². The first-order chi connectivity index (χ1) is 9.79. The van der Waals surface area contributed by atoms with Gasteiger partial charge >= 0.3 is 0 Å². The van der Waals surface area contributed by atoms with Gasteiger partial charge in [-0.25, -0.2) is 0 Å². The lowest BCUT2D eigenvalue weighted by atomic mass is 9.80. The summed E-state index contributed by atoms with van der Waals surface area (Å²) in [5.74, 6) is 0.809. The van der Waals surface area contributed by atoms with E-state index >= 15 is 0 Å². The molecule has 3 rings (SSSR count). The molecule has 3 unspecified atom stereocenters. The molecule has 1 N–H and O–H groups in total. The van der Waals surface area contributed by atoms with Crippen LogP contribution in [0.5, 0.6) is 0 Å². The van der Waals surface area contributed by atoms with Crippen LogP contribution in [0.1, 0.15) is 51.9 Å². The van der Waals surface area contributed by atoms with Gasteiger partial charge in [-0.05, 0) is 70.0 Å². The third-order valence-corrected chi connectivity index (χ3v) is 5.58. The lowest BCUT2D eigenvalue weighted by Gasteiger charge is -2.41. The maximum absolute atomic E-state index is 5.61. The van der Waals surface area contributed by atoms with Crippen LogP contribution in [0.15, 0.2) is 11.8 Å². The molecule has 0 amide bonds. The average Bonchev–Trinajstić information content (AvgIpc) is 2.70. The van der Waals surface area contributed by atoms with Gasteiger partial charge in [-0.1, -0.05) is 6.92 Å². The van der Waals surface area contributed by atoms with Crippen LogP contribution in [-0.4, -0.2) is 43.2 Å². The van der Waals surface area contributed by atoms with Crippen LogP contribution in [0.3, 0.4) is 0 Å². The Labute approximate surface area is 123 Å². The van der Waals surface area contributed by atoms with Gasteiger partial charge < -0.3 is 15.0 Å². The van der Waals surface area contributed by atoms with Crippen molar-refractivity contribution in [3.8, 4) is 0 Å². The van der Waals surface area contributed by atoms with Crippen molar-refractivity contribution < 1.29 is 4.74 Å². The molecule has 3 aliphatic heterocycles. The summed E-state index contributed by atoms with van der Waals surface area (Å²) in [7, 11) is 2.33. The van der Waals surface area contributed by atoms with Crippen LogP contribution < -0.4 is 5.32 Å².